The van der Waals surface area contributed by atoms with Gasteiger partial charge in [-0.15, -0.1) is 11.3 Å². The number of hydrogen-bond donors (Lipinski definition) is 2. The van der Waals surface area contributed by atoms with Crippen LogP contribution in [-0.4, -0.2) is 35.4 Å². The van der Waals surface area contributed by atoms with E-state index in [9.17, 15) is 9.59 Å². The quantitative estimate of drug-likeness (QED) is 0.794. The number of anilines is 1. The number of rotatable bonds is 7. The fourth-order valence-electron chi connectivity index (χ4n) is 2.62. The Morgan fingerprint density at radius 2 is 2.23 bits per heavy atom. The van der Waals surface area contributed by atoms with Crippen molar-refractivity contribution in [2.45, 2.75) is 51.5 Å². The Kier molecular flexibility index (Phi) is 5.52. The molecule has 7 heteroatoms. The normalized spacial score (nSPS) is 15.4. The fourth-order valence-corrected chi connectivity index (χ4v) is 3.49. The molecule has 1 aliphatic heterocycles. The fraction of sp³-hybridized carbons (Fsp3) is 0.667. The van der Waals surface area contributed by atoms with Crippen LogP contribution in [0.15, 0.2) is 5.38 Å². The van der Waals surface area contributed by atoms with Crippen molar-refractivity contribution in [3.05, 3.63) is 11.1 Å². The summed E-state index contributed by atoms with van der Waals surface area (Å²) in [4.78, 5) is 30.1. The lowest BCUT2D eigenvalue weighted by molar-refractivity contribution is -0.122. The molecule has 2 heterocycles. The summed E-state index contributed by atoms with van der Waals surface area (Å²) in [6.07, 6.45) is 3.29. The molecule has 0 bridgehead atoms. The Balaban J connectivity index is 1.98. The minimum Gasteiger partial charge on any atom is -0.349 e. The Morgan fingerprint density at radius 1 is 1.50 bits per heavy atom. The molecule has 0 aromatic carbocycles. The van der Waals surface area contributed by atoms with Gasteiger partial charge in [0.1, 0.15) is 0 Å². The molecular formula is C15H24N4O2S. The maximum atomic E-state index is 12.2. The molecule has 0 spiro atoms. The minimum absolute atomic E-state index is 0.0706. The molecule has 6 nitrogen and oxygen atoms in total. The average molecular weight is 324 g/mol. The van der Waals surface area contributed by atoms with Crippen LogP contribution < -0.4 is 16.0 Å². The van der Waals surface area contributed by atoms with E-state index in [1.165, 1.54) is 11.3 Å². The van der Waals surface area contributed by atoms with Crippen LogP contribution in [0.1, 0.15) is 45.2 Å². The summed E-state index contributed by atoms with van der Waals surface area (Å²) in [5, 5.41) is 5.58. The first-order valence-corrected chi connectivity index (χ1v) is 8.67. The third-order valence-corrected chi connectivity index (χ3v) is 5.25. The van der Waals surface area contributed by atoms with Gasteiger partial charge in [0, 0.05) is 24.9 Å². The molecule has 3 N–H and O–H groups in total. The second kappa shape index (κ2) is 7.19. The van der Waals surface area contributed by atoms with E-state index in [4.69, 9.17) is 5.73 Å². The highest BCUT2D eigenvalue weighted by molar-refractivity contribution is 7.14. The predicted molar refractivity (Wildman–Crippen MR) is 87.9 cm³/mol. The topological polar surface area (TPSA) is 88.3 Å². The number of aromatic nitrogens is 1. The lowest BCUT2D eigenvalue weighted by Gasteiger charge is -2.31. The van der Waals surface area contributed by atoms with E-state index in [-0.39, 0.29) is 23.8 Å². The largest absolute Gasteiger partial charge is 0.349 e. The van der Waals surface area contributed by atoms with Gasteiger partial charge in [-0.1, -0.05) is 13.8 Å². The van der Waals surface area contributed by atoms with Crippen LogP contribution in [0.5, 0.6) is 0 Å². The highest BCUT2D eigenvalue weighted by atomic mass is 32.1. The molecule has 1 saturated heterocycles. The van der Waals surface area contributed by atoms with E-state index in [0.29, 0.717) is 23.8 Å². The van der Waals surface area contributed by atoms with Crippen molar-refractivity contribution in [2.75, 3.05) is 18.0 Å². The van der Waals surface area contributed by atoms with Gasteiger partial charge >= 0.3 is 0 Å². The lowest BCUT2D eigenvalue weighted by atomic mass is 9.92. The van der Waals surface area contributed by atoms with Gasteiger partial charge in [0.05, 0.1) is 17.7 Å². The van der Waals surface area contributed by atoms with Gasteiger partial charge < -0.3 is 11.1 Å². The number of nitrogens with two attached hydrogens (primary N) is 1. The molecule has 0 aliphatic carbocycles. The summed E-state index contributed by atoms with van der Waals surface area (Å²) in [6.45, 7) is 5.20. The summed E-state index contributed by atoms with van der Waals surface area (Å²) in [6, 6.07) is 0. The maximum absolute atomic E-state index is 12.2. The standard InChI is InChI=1S/C15H24N4O2S/c1-3-15(4-2,10-16)18-12(20)8-11-9-22-14(17-11)19-7-5-6-13(19)21/h9H,3-8,10,16H2,1-2H3,(H,18,20). The molecule has 1 fully saturated rings. The number of carbonyl (C=O) groups is 2. The maximum Gasteiger partial charge on any atom is 0.228 e. The van der Waals surface area contributed by atoms with Gasteiger partial charge in [-0.2, -0.15) is 0 Å². The van der Waals surface area contributed by atoms with E-state index in [1.807, 2.05) is 19.2 Å². The van der Waals surface area contributed by atoms with Gasteiger partial charge in [0.25, 0.3) is 0 Å². The van der Waals surface area contributed by atoms with Crippen molar-refractivity contribution in [3.63, 3.8) is 0 Å². The van der Waals surface area contributed by atoms with Crippen LogP contribution in [0, 0.1) is 0 Å². The molecule has 1 aromatic rings. The molecule has 122 valence electrons. The molecule has 0 unspecified atom stereocenters. The number of amides is 2. The Labute approximate surface area is 135 Å². The van der Waals surface area contributed by atoms with Crippen molar-refractivity contribution in [3.8, 4) is 0 Å². The minimum atomic E-state index is -0.332. The van der Waals surface area contributed by atoms with E-state index in [0.717, 1.165) is 25.8 Å². The Hall–Kier alpha value is -1.47. The molecule has 0 atom stereocenters. The molecule has 2 amide bonds. The third-order valence-electron chi connectivity index (χ3n) is 4.33. The van der Waals surface area contributed by atoms with Crippen molar-refractivity contribution < 1.29 is 9.59 Å². The lowest BCUT2D eigenvalue weighted by Crippen LogP contribution is -2.53. The van der Waals surface area contributed by atoms with Gasteiger partial charge in [0.15, 0.2) is 5.13 Å². The number of thiazole rings is 1. The van der Waals surface area contributed by atoms with Crippen molar-refractivity contribution in [2.24, 2.45) is 5.73 Å². The van der Waals surface area contributed by atoms with Crippen LogP contribution in [-0.2, 0) is 16.0 Å². The first-order valence-electron chi connectivity index (χ1n) is 7.79. The van der Waals surface area contributed by atoms with Crippen LogP contribution in [0.4, 0.5) is 5.13 Å². The zero-order valence-electron chi connectivity index (χ0n) is 13.2. The van der Waals surface area contributed by atoms with E-state index < -0.39 is 0 Å². The van der Waals surface area contributed by atoms with E-state index >= 15 is 0 Å². The molecule has 0 radical (unpaired) electrons. The number of nitrogens with one attached hydrogen (secondary N) is 1. The Bertz CT molecular complexity index is 531. The zero-order valence-corrected chi connectivity index (χ0v) is 14.0. The summed E-state index contributed by atoms with van der Waals surface area (Å²) < 4.78 is 0. The monoisotopic (exact) mass is 324 g/mol. The predicted octanol–water partition coefficient (Wildman–Crippen LogP) is 1.45. The number of carbonyl (C=O) groups excluding carboxylic acids is 2. The van der Waals surface area contributed by atoms with E-state index in [2.05, 4.69) is 10.3 Å². The van der Waals surface area contributed by atoms with Gasteiger partial charge in [-0.25, -0.2) is 4.98 Å². The molecular weight excluding hydrogens is 300 g/mol. The van der Waals surface area contributed by atoms with Crippen LogP contribution in [0.25, 0.3) is 0 Å². The number of nitrogens with zero attached hydrogens (tertiary/aromatic N) is 2. The van der Waals surface area contributed by atoms with Crippen molar-refractivity contribution >= 4 is 28.3 Å². The summed E-state index contributed by atoms with van der Waals surface area (Å²) in [5.74, 6) is 0.0446. The molecule has 1 aromatic heterocycles. The summed E-state index contributed by atoms with van der Waals surface area (Å²) in [5.41, 5.74) is 6.17. The summed E-state index contributed by atoms with van der Waals surface area (Å²) in [7, 11) is 0. The van der Waals surface area contributed by atoms with Gasteiger partial charge in [-0.3, -0.25) is 14.5 Å². The van der Waals surface area contributed by atoms with Crippen LogP contribution >= 0.6 is 11.3 Å². The summed E-state index contributed by atoms with van der Waals surface area (Å²) >= 11 is 1.42. The van der Waals surface area contributed by atoms with Crippen molar-refractivity contribution in [1.29, 1.82) is 0 Å². The smallest absolute Gasteiger partial charge is 0.228 e. The second-order valence-corrected chi connectivity index (χ2v) is 6.52. The van der Waals surface area contributed by atoms with Crippen LogP contribution in [0.2, 0.25) is 0 Å². The van der Waals surface area contributed by atoms with Crippen LogP contribution in [0.3, 0.4) is 0 Å². The molecule has 0 saturated carbocycles. The SMILES string of the molecule is CCC(CC)(CN)NC(=O)Cc1csc(N2CCCC2=O)n1. The van der Waals surface area contributed by atoms with Crippen molar-refractivity contribution in [1.82, 2.24) is 10.3 Å². The zero-order chi connectivity index (χ0) is 16.2. The highest BCUT2D eigenvalue weighted by Gasteiger charge is 2.27. The van der Waals surface area contributed by atoms with Gasteiger partial charge in [0.2, 0.25) is 11.8 Å². The molecule has 2 rings (SSSR count). The first-order chi connectivity index (χ1) is 10.5. The average Bonchev–Trinajstić information content (AvgIpc) is 3.13. The molecule has 1 aliphatic rings. The number of hydrogen-bond acceptors (Lipinski definition) is 5. The second-order valence-electron chi connectivity index (χ2n) is 5.69. The molecule has 22 heavy (non-hydrogen) atoms. The van der Waals surface area contributed by atoms with E-state index in [1.54, 1.807) is 4.90 Å². The highest BCUT2D eigenvalue weighted by Crippen LogP contribution is 2.25. The van der Waals surface area contributed by atoms with Gasteiger partial charge in [-0.05, 0) is 19.3 Å². The Morgan fingerprint density at radius 3 is 2.77 bits per heavy atom. The first kappa shape index (κ1) is 16.9. The third kappa shape index (κ3) is 3.64.